The number of halogens is 3. The molecule has 1 saturated carbocycles. The molecular weight excluding hydrogens is 209 g/mol. The Bertz CT molecular complexity index is 244. The molecule has 5 heteroatoms. The van der Waals surface area contributed by atoms with Crippen molar-refractivity contribution in [1.29, 1.82) is 0 Å². The highest BCUT2D eigenvalue weighted by Crippen LogP contribution is 2.43. The van der Waals surface area contributed by atoms with E-state index in [1.807, 2.05) is 0 Å². The van der Waals surface area contributed by atoms with Gasteiger partial charge in [0, 0.05) is 5.92 Å². The van der Waals surface area contributed by atoms with Crippen LogP contribution >= 0.6 is 0 Å². The Labute approximate surface area is 86.5 Å². The summed E-state index contributed by atoms with van der Waals surface area (Å²) in [6.45, 7) is 0.808. The summed E-state index contributed by atoms with van der Waals surface area (Å²) in [5.74, 6) is -2.16. The average Bonchev–Trinajstić information content (AvgIpc) is 2.16. The van der Waals surface area contributed by atoms with Crippen LogP contribution in [0.1, 0.15) is 39.0 Å². The van der Waals surface area contributed by atoms with Gasteiger partial charge in [0.15, 0.2) is 5.78 Å². The fourth-order valence-corrected chi connectivity index (χ4v) is 2.24. The number of carbonyl (C=O) groups excluding carboxylic acids is 1. The topological polar surface area (TPSA) is 37.3 Å². The van der Waals surface area contributed by atoms with E-state index in [1.165, 1.54) is 0 Å². The van der Waals surface area contributed by atoms with Gasteiger partial charge in [-0.1, -0.05) is 19.3 Å². The standard InChI is InChI=1S/C10H15F3O2/c1-7(14)9(15,10(11,12)13)8-5-3-2-4-6-8/h8,15H,2-6H2,1H3/t9-/m0/s1. The summed E-state index contributed by atoms with van der Waals surface area (Å²) >= 11 is 0. The lowest BCUT2D eigenvalue weighted by Gasteiger charge is -2.37. The summed E-state index contributed by atoms with van der Waals surface area (Å²) in [4.78, 5) is 11.0. The van der Waals surface area contributed by atoms with Crippen LogP contribution in [0.2, 0.25) is 0 Å². The van der Waals surface area contributed by atoms with Crippen LogP contribution in [0, 0.1) is 5.92 Å². The predicted molar refractivity (Wildman–Crippen MR) is 48.3 cm³/mol. The number of carbonyl (C=O) groups is 1. The van der Waals surface area contributed by atoms with Crippen molar-refractivity contribution < 1.29 is 23.1 Å². The average molecular weight is 224 g/mol. The normalized spacial score (nSPS) is 23.5. The second-order valence-electron chi connectivity index (χ2n) is 4.16. The monoisotopic (exact) mass is 224 g/mol. The third-order valence-electron chi connectivity index (χ3n) is 3.16. The Hall–Kier alpha value is -0.580. The van der Waals surface area contributed by atoms with Crippen LogP contribution in [0.15, 0.2) is 0 Å². The molecule has 2 nitrogen and oxygen atoms in total. The predicted octanol–water partition coefficient (Wildman–Crippen LogP) is 2.45. The zero-order valence-electron chi connectivity index (χ0n) is 8.60. The molecular formula is C10H15F3O2. The van der Waals surface area contributed by atoms with Crippen LogP contribution < -0.4 is 0 Å². The van der Waals surface area contributed by atoms with Gasteiger partial charge in [-0.15, -0.1) is 0 Å². The van der Waals surface area contributed by atoms with Crippen molar-refractivity contribution in [2.45, 2.75) is 50.8 Å². The SMILES string of the molecule is CC(=O)[C@](O)(C1CCCCC1)C(F)(F)F. The summed E-state index contributed by atoms with van der Waals surface area (Å²) in [5.41, 5.74) is -3.13. The number of hydrogen-bond donors (Lipinski definition) is 1. The van der Waals surface area contributed by atoms with Gasteiger partial charge in [0.05, 0.1) is 0 Å². The van der Waals surface area contributed by atoms with Crippen LogP contribution in [0.5, 0.6) is 0 Å². The third kappa shape index (κ3) is 2.17. The summed E-state index contributed by atoms with van der Waals surface area (Å²) in [6, 6.07) is 0. The van der Waals surface area contributed by atoms with E-state index in [1.54, 1.807) is 0 Å². The molecule has 0 spiro atoms. The third-order valence-corrected chi connectivity index (χ3v) is 3.16. The van der Waals surface area contributed by atoms with E-state index in [0.717, 1.165) is 13.3 Å². The molecule has 0 aromatic carbocycles. The van der Waals surface area contributed by atoms with Gasteiger partial charge in [-0.2, -0.15) is 13.2 Å². The van der Waals surface area contributed by atoms with Crippen LogP contribution in [0.25, 0.3) is 0 Å². The zero-order chi connectivity index (χ0) is 11.7. The minimum Gasteiger partial charge on any atom is -0.374 e. The molecule has 1 rings (SSSR count). The quantitative estimate of drug-likeness (QED) is 0.782. The van der Waals surface area contributed by atoms with Gasteiger partial charge in [-0.05, 0) is 19.8 Å². The van der Waals surface area contributed by atoms with Crippen molar-refractivity contribution in [1.82, 2.24) is 0 Å². The molecule has 1 atom stereocenters. The number of rotatable bonds is 2. The highest BCUT2D eigenvalue weighted by Gasteiger charge is 2.61. The molecule has 0 radical (unpaired) electrons. The van der Waals surface area contributed by atoms with E-state index in [9.17, 15) is 23.1 Å². The lowest BCUT2D eigenvalue weighted by atomic mass is 9.74. The van der Waals surface area contributed by atoms with Crippen LogP contribution in [0.3, 0.4) is 0 Å². The first-order chi connectivity index (χ1) is 6.80. The number of ketones is 1. The second-order valence-corrected chi connectivity index (χ2v) is 4.16. The summed E-state index contributed by atoms with van der Waals surface area (Å²) < 4.78 is 38.0. The highest BCUT2D eigenvalue weighted by molar-refractivity contribution is 5.86. The van der Waals surface area contributed by atoms with Crippen LogP contribution in [0.4, 0.5) is 13.2 Å². The Morgan fingerprint density at radius 3 is 2.00 bits per heavy atom. The molecule has 1 aliphatic carbocycles. The van der Waals surface area contributed by atoms with Gasteiger partial charge in [0.25, 0.3) is 0 Å². The molecule has 0 aromatic rings. The minimum absolute atomic E-state index is 0.273. The van der Waals surface area contributed by atoms with E-state index in [4.69, 9.17) is 0 Å². The van der Waals surface area contributed by atoms with Crippen molar-refractivity contribution in [3.05, 3.63) is 0 Å². The van der Waals surface area contributed by atoms with Gasteiger partial charge < -0.3 is 5.11 Å². The molecule has 0 unspecified atom stereocenters. The summed E-state index contributed by atoms with van der Waals surface area (Å²) in [7, 11) is 0. The fraction of sp³-hybridized carbons (Fsp3) is 0.900. The fourth-order valence-electron chi connectivity index (χ4n) is 2.24. The molecule has 1 N–H and O–H groups in total. The van der Waals surface area contributed by atoms with Crippen molar-refractivity contribution in [3.63, 3.8) is 0 Å². The molecule has 1 aliphatic rings. The van der Waals surface area contributed by atoms with E-state index in [2.05, 4.69) is 0 Å². The molecule has 0 heterocycles. The van der Waals surface area contributed by atoms with Gasteiger partial charge in [0.2, 0.25) is 5.60 Å². The van der Waals surface area contributed by atoms with E-state index >= 15 is 0 Å². The van der Waals surface area contributed by atoms with Crippen molar-refractivity contribution in [2.24, 2.45) is 5.92 Å². The zero-order valence-corrected chi connectivity index (χ0v) is 8.60. The van der Waals surface area contributed by atoms with Crippen LogP contribution in [-0.2, 0) is 4.79 Å². The minimum atomic E-state index is -4.86. The van der Waals surface area contributed by atoms with Crippen LogP contribution in [-0.4, -0.2) is 22.7 Å². The van der Waals surface area contributed by atoms with Gasteiger partial charge in [-0.25, -0.2) is 0 Å². The lowest BCUT2D eigenvalue weighted by molar-refractivity contribution is -0.269. The number of alkyl halides is 3. The van der Waals surface area contributed by atoms with Crippen molar-refractivity contribution in [2.75, 3.05) is 0 Å². The number of aliphatic hydroxyl groups is 1. The van der Waals surface area contributed by atoms with Gasteiger partial charge in [0.1, 0.15) is 0 Å². The maximum Gasteiger partial charge on any atom is 0.424 e. The van der Waals surface area contributed by atoms with Gasteiger partial charge in [-0.3, -0.25) is 4.79 Å². The Kier molecular flexibility index (Phi) is 3.43. The van der Waals surface area contributed by atoms with E-state index in [-0.39, 0.29) is 12.8 Å². The first kappa shape index (κ1) is 12.5. The Morgan fingerprint density at radius 1 is 1.20 bits per heavy atom. The maximum atomic E-state index is 12.7. The summed E-state index contributed by atoms with van der Waals surface area (Å²) in [5, 5.41) is 9.58. The molecule has 0 saturated heterocycles. The first-order valence-electron chi connectivity index (χ1n) is 5.10. The molecule has 15 heavy (non-hydrogen) atoms. The van der Waals surface area contributed by atoms with E-state index in [0.29, 0.717) is 12.8 Å². The lowest BCUT2D eigenvalue weighted by Crippen LogP contribution is -2.57. The highest BCUT2D eigenvalue weighted by atomic mass is 19.4. The summed E-state index contributed by atoms with van der Waals surface area (Å²) in [6.07, 6.45) is -2.14. The number of hydrogen-bond acceptors (Lipinski definition) is 2. The molecule has 0 amide bonds. The largest absolute Gasteiger partial charge is 0.424 e. The second kappa shape index (κ2) is 4.12. The molecule has 0 aromatic heterocycles. The van der Waals surface area contributed by atoms with E-state index < -0.39 is 23.5 Å². The molecule has 0 aliphatic heterocycles. The first-order valence-corrected chi connectivity index (χ1v) is 5.10. The number of Topliss-reactive ketones (excluding diaryl/α,β-unsaturated/α-hetero) is 1. The van der Waals surface area contributed by atoms with Crippen molar-refractivity contribution in [3.8, 4) is 0 Å². The van der Waals surface area contributed by atoms with Gasteiger partial charge >= 0.3 is 6.18 Å². The molecule has 0 bridgehead atoms. The molecule has 88 valence electrons. The molecule has 1 fully saturated rings. The van der Waals surface area contributed by atoms with Crippen molar-refractivity contribution >= 4 is 5.78 Å². The maximum absolute atomic E-state index is 12.7. The Morgan fingerprint density at radius 2 is 1.67 bits per heavy atom. The smallest absolute Gasteiger partial charge is 0.374 e. The Balaban J connectivity index is 2.94.